The quantitative estimate of drug-likeness (QED) is 0.826. The highest BCUT2D eigenvalue weighted by molar-refractivity contribution is 7.09. The second-order valence-corrected chi connectivity index (χ2v) is 6.66. The van der Waals surface area contributed by atoms with Crippen LogP contribution in [0.4, 0.5) is 5.69 Å². The molecule has 112 valence electrons. The Morgan fingerprint density at radius 1 is 1.38 bits per heavy atom. The van der Waals surface area contributed by atoms with E-state index in [1.54, 1.807) is 11.3 Å². The standard InChI is InChI=1S/C17H23N3S/c1-3-8-18-10-17-19-15(12-21-17)11-20-13(2)9-14-6-4-5-7-16(14)20/h4-7,12-13,18H,3,8-11H2,1-2H3. The summed E-state index contributed by atoms with van der Waals surface area (Å²) in [5.41, 5.74) is 4.03. The molecule has 1 aliphatic heterocycles. The van der Waals surface area contributed by atoms with Gasteiger partial charge in [-0.05, 0) is 37.9 Å². The van der Waals surface area contributed by atoms with E-state index in [-0.39, 0.29) is 0 Å². The average Bonchev–Trinajstić information content (AvgIpc) is 3.05. The van der Waals surface area contributed by atoms with Crippen LogP contribution in [0, 0.1) is 0 Å². The van der Waals surface area contributed by atoms with Gasteiger partial charge in [-0.25, -0.2) is 4.98 Å². The van der Waals surface area contributed by atoms with Gasteiger partial charge in [-0.3, -0.25) is 0 Å². The summed E-state index contributed by atoms with van der Waals surface area (Å²) in [6, 6.07) is 9.30. The van der Waals surface area contributed by atoms with Crippen LogP contribution in [0.5, 0.6) is 0 Å². The van der Waals surface area contributed by atoms with Crippen molar-refractivity contribution in [2.45, 2.75) is 45.8 Å². The Morgan fingerprint density at radius 2 is 2.24 bits per heavy atom. The van der Waals surface area contributed by atoms with Gasteiger partial charge in [0.1, 0.15) is 5.01 Å². The number of aromatic nitrogens is 1. The fourth-order valence-corrected chi connectivity index (χ4v) is 3.67. The molecule has 2 heterocycles. The molecule has 0 amide bonds. The third-order valence-corrected chi connectivity index (χ3v) is 4.88. The Morgan fingerprint density at radius 3 is 3.10 bits per heavy atom. The van der Waals surface area contributed by atoms with E-state index in [1.165, 1.54) is 28.4 Å². The fraction of sp³-hybridized carbons (Fsp3) is 0.471. The zero-order chi connectivity index (χ0) is 14.7. The van der Waals surface area contributed by atoms with Crippen LogP contribution < -0.4 is 10.2 Å². The van der Waals surface area contributed by atoms with Crippen molar-refractivity contribution in [1.29, 1.82) is 0 Å². The predicted octanol–water partition coefficient (Wildman–Crippen LogP) is 3.59. The van der Waals surface area contributed by atoms with Gasteiger partial charge in [0.05, 0.1) is 12.2 Å². The van der Waals surface area contributed by atoms with Crippen molar-refractivity contribution in [2.24, 2.45) is 0 Å². The number of fused-ring (bicyclic) bond motifs is 1. The predicted molar refractivity (Wildman–Crippen MR) is 89.9 cm³/mol. The molecule has 0 spiro atoms. The summed E-state index contributed by atoms with van der Waals surface area (Å²) in [5.74, 6) is 0. The third-order valence-electron chi connectivity index (χ3n) is 3.98. The molecule has 21 heavy (non-hydrogen) atoms. The van der Waals surface area contributed by atoms with E-state index in [0.29, 0.717) is 6.04 Å². The lowest BCUT2D eigenvalue weighted by molar-refractivity contribution is 0.655. The molecular formula is C17H23N3S. The molecule has 3 rings (SSSR count). The Bertz CT molecular complexity index is 593. The lowest BCUT2D eigenvalue weighted by atomic mass is 10.1. The molecule has 1 atom stereocenters. The SMILES string of the molecule is CCCNCc1nc(CN2c3ccccc3CC2C)cs1. The summed E-state index contributed by atoms with van der Waals surface area (Å²) in [6.07, 6.45) is 2.31. The van der Waals surface area contributed by atoms with Gasteiger partial charge in [-0.2, -0.15) is 0 Å². The molecule has 1 N–H and O–H groups in total. The number of nitrogens with one attached hydrogen (secondary N) is 1. The molecule has 0 saturated heterocycles. The van der Waals surface area contributed by atoms with Crippen LogP contribution in [0.25, 0.3) is 0 Å². The number of benzene rings is 1. The van der Waals surface area contributed by atoms with Gasteiger partial charge in [-0.15, -0.1) is 11.3 Å². The van der Waals surface area contributed by atoms with Crippen LogP contribution in [0.3, 0.4) is 0 Å². The van der Waals surface area contributed by atoms with Gasteiger partial charge >= 0.3 is 0 Å². The van der Waals surface area contributed by atoms with E-state index >= 15 is 0 Å². The topological polar surface area (TPSA) is 28.2 Å². The van der Waals surface area contributed by atoms with Crippen molar-refractivity contribution in [3.8, 4) is 0 Å². The first-order valence-corrected chi connectivity index (χ1v) is 8.64. The Kier molecular flexibility index (Phi) is 4.56. The summed E-state index contributed by atoms with van der Waals surface area (Å²) in [6.45, 7) is 7.36. The first kappa shape index (κ1) is 14.5. The molecule has 1 aromatic heterocycles. The van der Waals surface area contributed by atoms with Gasteiger partial charge < -0.3 is 10.2 Å². The van der Waals surface area contributed by atoms with E-state index in [1.807, 2.05) is 0 Å². The maximum absolute atomic E-state index is 4.77. The van der Waals surface area contributed by atoms with E-state index in [0.717, 1.165) is 26.1 Å². The van der Waals surface area contributed by atoms with Crippen LogP contribution in [0.2, 0.25) is 0 Å². The number of rotatable bonds is 6. The van der Waals surface area contributed by atoms with Gasteiger partial charge in [0.25, 0.3) is 0 Å². The first-order chi connectivity index (χ1) is 10.3. The third kappa shape index (κ3) is 3.27. The van der Waals surface area contributed by atoms with Crippen molar-refractivity contribution >= 4 is 17.0 Å². The van der Waals surface area contributed by atoms with E-state index in [2.05, 4.69) is 53.7 Å². The number of hydrogen-bond acceptors (Lipinski definition) is 4. The molecule has 0 fully saturated rings. The highest BCUT2D eigenvalue weighted by Crippen LogP contribution is 2.33. The van der Waals surface area contributed by atoms with E-state index in [9.17, 15) is 0 Å². The summed E-state index contributed by atoms with van der Waals surface area (Å²) in [4.78, 5) is 7.25. The summed E-state index contributed by atoms with van der Waals surface area (Å²) in [7, 11) is 0. The second-order valence-electron chi connectivity index (χ2n) is 5.72. The van der Waals surface area contributed by atoms with Crippen molar-refractivity contribution < 1.29 is 0 Å². The van der Waals surface area contributed by atoms with Gasteiger partial charge in [0.15, 0.2) is 0 Å². The van der Waals surface area contributed by atoms with Crippen molar-refractivity contribution in [1.82, 2.24) is 10.3 Å². The Balaban J connectivity index is 1.67. The molecule has 1 aliphatic rings. The van der Waals surface area contributed by atoms with Crippen LogP contribution >= 0.6 is 11.3 Å². The minimum Gasteiger partial charge on any atom is -0.362 e. The van der Waals surface area contributed by atoms with Crippen molar-refractivity contribution in [3.05, 3.63) is 45.9 Å². The Hall–Kier alpha value is -1.39. The minimum absolute atomic E-state index is 0.561. The summed E-state index contributed by atoms with van der Waals surface area (Å²) >= 11 is 1.77. The van der Waals surface area contributed by atoms with E-state index in [4.69, 9.17) is 4.98 Å². The molecular weight excluding hydrogens is 278 g/mol. The maximum atomic E-state index is 4.77. The number of para-hydroxylation sites is 1. The van der Waals surface area contributed by atoms with Gasteiger partial charge in [0.2, 0.25) is 0 Å². The van der Waals surface area contributed by atoms with Crippen LogP contribution in [0.1, 0.15) is 36.5 Å². The molecule has 0 bridgehead atoms. The normalized spacial score (nSPS) is 17.2. The first-order valence-electron chi connectivity index (χ1n) is 7.76. The van der Waals surface area contributed by atoms with Crippen LogP contribution in [0.15, 0.2) is 29.6 Å². The number of anilines is 1. The summed E-state index contributed by atoms with van der Waals surface area (Å²) < 4.78 is 0. The molecule has 1 unspecified atom stereocenters. The lowest BCUT2D eigenvalue weighted by Crippen LogP contribution is -2.28. The molecule has 0 aliphatic carbocycles. The van der Waals surface area contributed by atoms with Crippen LogP contribution in [-0.2, 0) is 19.5 Å². The minimum atomic E-state index is 0.561. The van der Waals surface area contributed by atoms with Gasteiger partial charge in [-0.1, -0.05) is 25.1 Å². The number of hydrogen-bond donors (Lipinski definition) is 1. The number of nitrogens with zero attached hydrogens (tertiary/aromatic N) is 2. The molecule has 2 aromatic rings. The van der Waals surface area contributed by atoms with Gasteiger partial charge in [0, 0.05) is 23.7 Å². The zero-order valence-electron chi connectivity index (χ0n) is 12.8. The highest BCUT2D eigenvalue weighted by Gasteiger charge is 2.25. The monoisotopic (exact) mass is 301 g/mol. The van der Waals surface area contributed by atoms with Crippen LogP contribution in [-0.4, -0.2) is 17.6 Å². The Labute approximate surface area is 131 Å². The second kappa shape index (κ2) is 6.58. The fourth-order valence-electron chi connectivity index (χ4n) is 2.92. The summed E-state index contributed by atoms with van der Waals surface area (Å²) in [5, 5.41) is 6.82. The maximum Gasteiger partial charge on any atom is 0.107 e. The molecule has 0 saturated carbocycles. The number of thiazole rings is 1. The molecule has 4 heteroatoms. The molecule has 0 radical (unpaired) electrons. The average molecular weight is 301 g/mol. The largest absolute Gasteiger partial charge is 0.362 e. The highest BCUT2D eigenvalue weighted by atomic mass is 32.1. The van der Waals surface area contributed by atoms with Crippen molar-refractivity contribution in [3.63, 3.8) is 0 Å². The molecule has 3 nitrogen and oxygen atoms in total. The molecule has 1 aromatic carbocycles. The lowest BCUT2D eigenvalue weighted by Gasteiger charge is -2.23. The van der Waals surface area contributed by atoms with E-state index < -0.39 is 0 Å². The smallest absolute Gasteiger partial charge is 0.107 e. The van der Waals surface area contributed by atoms with Crippen molar-refractivity contribution in [2.75, 3.05) is 11.4 Å². The zero-order valence-corrected chi connectivity index (χ0v) is 13.6.